The molecule has 3 nitrogen and oxygen atoms in total. The van der Waals surface area contributed by atoms with Crippen molar-refractivity contribution in [3.05, 3.63) is 88.6 Å². The Bertz CT molecular complexity index is 866. The van der Waals surface area contributed by atoms with Gasteiger partial charge in [0.1, 0.15) is 0 Å². The van der Waals surface area contributed by atoms with Crippen LogP contribution in [0.3, 0.4) is 0 Å². The Balaban J connectivity index is 0.000000739. The van der Waals surface area contributed by atoms with Gasteiger partial charge in [-0.3, -0.25) is 0 Å². The molecule has 1 aliphatic carbocycles. The maximum absolute atomic E-state index is 7.00. The summed E-state index contributed by atoms with van der Waals surface area (Å²) < 4.78 is 0. The van der Waals surface area contributed by atoms with Crippen molar-refractivity contribution in [3.63, 3.8) is 0 Å². The minimum Gasteiger partial charge on any atom is -0.400 e. The Morgan fingerprint density at radius 1 is 0.929 bits per heavy atom. The van der Waals surface area contributed by atoms with Gasteiger partial charge in [0.15, 0.2) is 0 Å². The van der Waals surface area contributed by atoms with Crippen molar-refractivity contribution >= 4 is 0 Å². The number of benzene rings is 2. The molecule has 0 spiro atoms. The predicted molar refractivity (Wildman–Crippen MR) is 111 cm³/mol. The van der Waals surface area contributed by atoms with Crippen molar-refractivity contribution in [2.75, 3.05) is 14.2 Å². The number of fused-ring (bicyclic) bond motifs is 1. The Kier molecular flexibility index (Phi) is 10.3. The Hall–Kier alpha value is -1.84. The molecule has 1 heterocycles. The van der Waals surface area contributed by atoms with Crippen LogP contribution in [-0.4, -0.2) is 29.4 Å². The van der Waals surface area contributed by atoms with Gasteiger partial charge in [0.25, 0.3) is 0 Å². The number of pyridine rings is 1. The van der Waals surface area contributed by atoms with E-state index in [1.54, 1.807) is 0 Å². The van der Waals surface area contributed by atoms with Crippen LogP contribution < -0.4 is 0 Å². The summed E-state index contributed by atoms with van der Waals surface area (Å²) in [5, 5.41) is 14.0. The van der Waals surface area contributed by atoms with Crippen molar-refractivity contribution in [3.8, 4) is 11.3 Å². The van der Waals surface area contributed by atoms with Crippen LogP contribution >= 0.6 is 0 Å². The van der Waals surface area contributed by atoms with Gasteiger partial charge in [-0.1, -0.05) is 48.4 Å². The SMILES string of the molecule is CO.CO.Cc1cnc(-c2[c-]ccc3c2CC(c2ccccc2)C3)cc1C.[Ir]. The van der Waals surface area contributed by atoms with Crippen LogP contribution in [0.4, 0.5) is 0 Å². The fraction of sp³-hybridized carbons (Fsp3) is 0.292. The molecule has 0 aliphatic heterocycles. The third-order valence-electron chi connectivity index (χ3n) is 5.02. The molecular weight excluding hydrogens is 526 g/mol. The fourth-order valence-corrected chi connectivity index (χ4v) is 3.53. The summed E-state index contributed by atoms with van der Waals surface area (Å²) >= 11 is 0. The van der Waals surface area contributed by atoms with Crippen molar-refractivity contribution in [2.45, 2.75) is 32.6 Å². The van der Waals surface area contributed by atoms with E-state index < -0.39 is 0 Å². The van der Waals surface area contributed by atoms with Gasteiger partial charge in [0.2, 0.25) is 0 Å². The predicted octanol–water partition coefficient (Wildman–Crippen LogP) is 4.26. The molecule has 1 aliphatic rings. The molecule has 0 saturated heterocycles. The molecule has 4 heteroatoms. The van der Waals surface area contributed by atoms with Gasteiger partial charge in [0.05, 0.1) is 0 Å². The number of aliphatic hydroxyl groups is 2. The smallest absolute Gasteiger partial charge is 0.0319 e. The quantitative estimate of drug-likeness (QED) is 0.466. The molecule has 151 valence electrons. The van der Waals surface area contributed by atoms with Crippen LogP contribution in [-0.2, 0) is 32.9 Å². The molecule has 2 N–H and O–H groups in total. The van der Waals surface area contributed by atoms with E-state index in [9.17, 15) is 0 Å². The number of aryl methyl sites for hydroxylation is 2. The monoisotopic (exact) mass is 555 g/mol. The summed E-state index contributed by atoms with van der Waals surface area (Å²) in [4.78, 5) is 4.65. The van der Waals surface area contributed by atoms with Gasteiger partial charge in [-0.2, -0.15) is 0 Å². The van der Waals surface area contributed by atoms with Crippen molar-refractivity contribution in [1.29, 1.82) is 0 Å². The number of nitrogens with zero attached hydrogens (tertiary/aromatic N) is 1. The normalized spacial score (nSPS) is 13.9. The van der Waals surface area contributed by atoms with Crippen LogP contribution in [0.1, 0.15) is 33.7 Å². The molecule has 1 aromatic heterocycles. The first-order valence-electron chi connectivity index (χ1n) is 9.13. The topological polar surface area (TPSA) is 53.4 Å². The summed E-state index contributed by atoms with van der Waals surface area (Å²) in [5.41, 5.74) is 9.08. The van der Waals surface area contributed by atoms with Gasteiger partial charge in [-0.05, 0) is 43.0 Å². The molecule has 1 unspecified atom stereocenters. The summed E-state index contributed by atoms with van der Waals surface area (Å²) in [6, 6.07) is 20.8. The van der Waals surface area contributed by atoms with Crippen LogP contribution in [0.15, 0.2) is 54.7 Å². The number of aromatic nitrogens is 1. The van der Waals surface area contributed by atoms with Crippen molar-refractivity contribution in [2.24, 2.45) is 0 Å². The van der Waals surface area contributed by atoms with E-state index in [0.29, 0.717) is 5.92 Å². The van der Waals surface area contributed by atoms with Crippen molar-refractivity contribution in [1.82, 2.24) is 4.98 Å². The molecule has 2 aromatic carbocycles. The molecule has 3 aromatic rings. The van der Waals surface area contributed by atoms with Crippen LogP contribution in [0.2, 0.25) is 0 Å². The third kappa shape index (κ3) is 5.36. The Labute approximate surface area is 181 Å². The molecule has 0 saturated carbocycles. The average Bonchev–Trinajstić information content (AvgIpc) is 3.18. The third-order valence-corrected chi connectivity index (χ3v) is 5.02. The van der Waals surface area contributed by atoms with E-state index in [2.05, 4.69) is 73.4 Å². The van der Waals surface area contributed by atoms with E-state index in [4.69, 9.17) is 10.2 Å². The van der Waals surface area contributed by atoms with Gasteiger partial charge in [-0.25, -0.2) is 0 Å². The van der Waals surface area contributed by atoms with Gasteiger partial charge < -0.3 is 15.2 Å². The summed E-state index contributed by atoms with van der Waals surface area (Å²) in [5.74, 6) is 0.576. The van der Waals surface area contributed by atoms with E-state index in [1.807, 2.05) is 6.20 Å². The first-order chi connectivity index (χ1) is 13.2. The number of aliphatic hydroxyl groups excluding tert-OH is 2. The summed E-state index contributed by atoms with van der Waals surface area (Å²) in [6.45, 7) is 4.26. The molecule has 0 bridgehead atoms. The second-order valence-corrected chi connectivity index (χ2v) is 6.53. The second-order valence-electron chi connectivity index (χ2n) is 6.53. The van der Waals surface area contributed by atoms with Gasteiger partial charge in [-0.15, -0.1) is 34.9 Å². The fourth-order valence-electron chi connectivity index (χ4n) is 3.53. The van der Waals surface area contributed by atoms with Crippen molar-refractivity contribution < 1.29 is 30.3 Å². The maximum Gasteiger partial charge on any atom is 0.0319 e. The summed E-state index contributed by atoms with van der Waals surface area (Å²) in [6.07, 6.45) is 4.17. The van der Waals surface area contributed by atoms with Gasteiger partial charge >= 0.3 is 0 Å². The zero-order valence-corrected chi connectivity index (χ0v) is 19.3. The number of hydrogen-bond donors (Lipinski definition) is 2. The zero-order valence-electron chi connectivity index (χ0n) is 16.9. The van der Waals surface area contributed by atoms with Crippen LogP contribution in [0, 0.1) is 19.9 Å². The van der Waals surface area contributed by atoms with E-state index >= 15 is 0 Å². The first kappa shape index (κ1) is 24.2. The summed E-state index contributed by atoms with van der Waals surface area (Å²) in [7, 11) is 2.00. The molecule has 28 heavy (non-hydrogen) atoms. The van der Waals surface area contributed by atoms with Crippen LogP contribution in [0.5, 0.6) is 0 Å². The molecular formula is C24H28IrNO2-. The van der Waals surface area contributed by atoms with Gasteiger partial charge in [0, 0.05) is 40.5 Å². The molecule has 1 atom stereocenters. The first-order valence-corrected chi connectivity index (χ1v) is 9.13. The standard InChI is InChI=1S/C22H20N.2CH4O.Ir/c1-15-11-22(23-14-16(15)2)20-10-6-9-18-12-19(13-21(18)20)17-7-4-3-5-8-17;2*1-2;/h3-9,11,14,19H,12-13H2,1-2H3;2*2H,1H3;/q-1;;;. The second kappa shape index (κ2) is 11.9. The minimum atomic E-state index is 0. The number of hydrogen-bond acceptors (Lipinski definition) is 3. The minimum absolute atomic E-state index is 0. The Morgan fingerprint density at radius 2 is 1.61 bits per heavy atom. The average molecular weight is 555 g/mol. The Morgan fingerprint density at radius 3 is 2.25 bits per heavy atom. The molecule has 0 fully saturated rings. The van der Waals surface area contributed by atoms with Crippen LogP contribution in [0.25, 0.3) is 11.3 Å². The number of rotatable bonds is 2. The van der Waals surface area contributed by atoms with E-state index in [0.717, 1.165) is 32.8 Å². The molecule has 4 rings (SSSR count). The maximum atomic E-state index is 7.00. The van der Waals surface area contributed by atoms with E-state index in [-0.39, 0.29) is 20.1 Å². The zero-order chi connectivity index (χ0) is 19.8. The van der Waals surface area contributed by atoms with E-state index in [1.165, 1.54) is 33.4 Å². The molecule has 0 amide bonds. The molecule has 1 radical (unpaired) electrons. The largest absolute Gasteiger partial charge is 0.400 e.